The average molecular weight is 313 g/mol. The number of rotatable bonds is 8. The zero-order chi connectivity index (χ0) is 17.2. The van der Waals surface area contributed by atoms with E-state index in [4.69, 9.17) is 0 Å². The molecule has 22 heavy (non-hydrogen) atoms. The Labute approximate surface area is 128 Å². The van der Waals surface area contributed by atoms with Crippen LogP contribution in [0, 0.1) is 0 Å². The first-order chi connectivity index (χ1) is 10.4. The molecule has 8 nitrogen and oxygen atoms in total. The Morgan fingerprint density at radius 1 is 1.09 bits per heavy atom. The van der Waals surface area contributed by atoms with Crippen LogP contribution in [0.25, 0.3) is 0 Å². The monoisotopic (exact) mass is 313 g/mol. The van der Waals surface area contributed by atoms with Gasteiger partial charge in [-0.3, -0.25) is 9.59 Å². The fourth-order valence-corrected chi connectivity index (χ4v) is 1.68. The summed E-state index contributed by atoms with van der Waals surface area (Å²) in [6.07, 6.45) is 0.893. The molecule has 0 radical (unpaired) electrons. The molecule has 0 aromatic heterocycles. The van der Waals surface area contributed by atoms with Crippen LogP contribution in [0.1, 0.15) is 19.3 Å². The quantitative estimate of drug-likeness (QED) is 0.288. The van der Waals surface area contributed by atoms with Crippen molar-refractivity contribution >= 4 is 23.8 Å². The third-order valence-electron chi connectivity index (χ3n) is 2.76. The minimum Gasteiger partial charge on any atom is -0.469 e. The fourth-order valence-electron chi connectivity index (χ4n) is 1.68. The van der Waals surface area contributed by atoms with Gasteiger partial charge in [-0.05, 0) is 18.9 Å². The molecule has 1 amide bonds. The minimum absolute atomic E-state index is 0.137. The van der Waals surface area contributed by atoms with Crippen molar-refractivity contribution in [1.29, 1.82) is 0 Å². The number of amides is 1. The van der Waals surface area contributed by atoms with Crippen LogP contribution in [0.3, 0.4) is 0 Å². The second-order valence-corrected chi connectivity index (χ2v) is 4.14. The van der Waals surface area contributed by atoms with E-state index in [-0.39, 0.29) is 12.8 Å². The molecule has 8 heteroatoms. The van der Waals surface area contributed by atoms with E-state index in [0.717, 1.165) is 21.3 Å². The highest BCUT2D eigenvalue weighted by Crippen LogP contribution is 2.18. The van der Waals surface area contributed by atoms with Gasteiger partial charge < -0.3 is 19.5 Å². The van der Waals surface area contributed by atoms with E-state index in [2.05, 4.69) is 31.8 Å². The van der Waals surface area contributed by atoms with Crippen LogP contribution in [-0.4, -0.2) is 50.7 Å². The molecule has 0 saturated carbocycles. The lowest BCUT2D eigenvalue weighted by Crippen LogP contribution is -2.61. The van der Waals surface area contributed by atoms with Gasteiger partial charge in [-0.2, -0.15) is 0 Å². The molecule has 1 N–H and O–H groups in total. The Kier molecular flexibility index (Phi) is 8.25. The molecule has 0 heterocycles. The van der Waals surface area contributed by atoms with E-state index >= 15 is 0 Å². The van der Waals surface area contributed by atoms with Crippen LogP contribution in [0.5, 0.6) is 0 Å². The van der Waals surface area contributed by atoms with Crippen molar-refractivity contribution in [3.63, 3.8) is 0 Å². The largest absolute Gasteiger partial charge is 0.469 e. The maximum Gasteiger partial charge on any atom is 0.343 e. The van der Waals surface area contributed by atoms with Gasteiger partial charge >= 0.3 is 17.9 Å². The molecule has 0 aromatic rings. The summed E-state index contributed by atoms with van der Waals surface area (Å²) in [7, 11) is 3.24. The van der Waals surface area contributed by atoms with Crippen LogP contribution in [0.15, 0.2) is 18.4 Å². The molecule has 0 rings (SSSR count). The summed E-state index contributed by atoms with van der Waals surface area (Å²) >= 11 is 0. The van der Waals surface area contributed by atoms with E-state index in [1.54, 1.807) is 0 Å². The minimum atomic E-state index is -2.05. The SMILES string of the molecule is C=C=CCCC(NC(=O)CC(=O)OC)(C(=O)OC)C(=O)OC. The van der Waals surface area contributed by atoms with E-state index in [0.29, 0.717) is 0 Å². The number of carbonyl (C=O) groups excluding carboxylic acids is 4. The highest BCUT2D eigenvalue weighted by atomic mass is 16.5. The topological polar surface area (TPSA) is 108 Å². The van der Waals surface area contributed by atoms with E-state index in [1.165, 1.54) is 6.08 Å². The van der Waals surface area contributed by atoms with Crippen LogP contribution < -0.4 is 5.32 Å². The lowest BCUT2D eigenvalue weighted by atomic mass is 9.92. The summed E-state index contributed by atoms with van der Waals surface area (Å²) in [6.45, 7) is 3.36. The number of ether oxygens (including phenoxy) is 3. The zero-order valence-electron chi connectivity index (χ0n) is 12.8. The van der Waals surface area contributed by atoms with Crippen molar-refractivity contribution in [2.24, 2.45) is 0 Å². The number of nitrogens with one attached hydrogen (secondary N) is 1. The Hall–Kier alpha value is -2.60. The van der Waals surface area contributed by atoms with Gasteiger partial charge in [0, 0.05) is 0 Å². The first-order valence-electron chi connectivity index (χ1n) is 6.26. The Morgan fingerprint density at radius 2 is 1.64 bits per heavy atom. The summed E-state index contributed by atoms with van der Waals surface area (Å²) in [5.41, 5.74) is 0.429. The Morgan fingerprint density at radius 3 is 2.05 bits per heavy atom. The van der Waals surface area contributed by atoms with Crippen LogP contribution >= 0.6 is 0 Å². The van der Waals surface area contributed by atoms with Gasteiger partial charge in [0.15, 0.2) is 0 Å². The number of hydrogen-bond donors (Lipinski definition) is 1. The Bertz CT molecular complexity index is 475. The maximum atomic E-state index is 12.0. The summed E-state index contributed by atoms with van der Waals surface area (Å²) < 4.78 is 13.5. The third-order valence-corrected chi connectivity index (χ3v) is 2.76. The molecule has 0 saturated heterocycles. The van der Waals surface area contributed by atoms with Gasteiger partial charge in [0.05, 0.1) is 21.3 Å². The molecule has 0 aliphatic heterocycles. The van der Waals surface area contributed by atoms with Crippen molar-refractivity contribution in [2.75, 3.05) is 21.3 Å². The molecule has 122 valence electrons. The van der Waals surface area contributed by atoms with Crippen molar-refractivity contribution in [3.8, 4) is 0 Å². The molecule has 0 atom stereocenters. The lowest BCUT2D eigenvalue weighted by Gasteiger charge is -2.28. The lowest BCUT2D eigenvalue weighted by molar-refractivity contribution is -0.166. The molecular formula is C14H19NO7. The first-order valence-corrected chi connectivity index (χ1v) is 6.26. The number of esters is 3. The first kappa shape index (κ1) is 19.4. The summed E-state index contributed by atoms with van der Waals surface area (Å²) in [4.78, 5) is 47.0. The normalized spacial score (nSPS) is 9.95. The van der Waals surface area contributed by atoms with Gasteiger partial charge in [0.25, 0.3) is 0 Å². The van der Waals surface area contributed by atoms with E-state index in [9.17, 15) is 19.2 Å². The van der Waals surface area contributed by atoms with Gasteiger partial charge in [-0.15, -0.1) is 5.73 Å². The van der Waals surface area contributed by atoms with Gasteiger partial charge in [0.2, 0.25) is 11.4 Å². The summed E-state index contributed by atoms with van der Waals surface area (Å²) in [5.74, 6) is -3.69. The highest BCUT2D eigenvalue weighted by Gasteiger charge is 2.49. The maximum absolute atomic E-state index is 12.0. The van der Waals surface area contributed by atoms with Gasteiger partial charge in [0.1, 0.15) is 6.42 Å². The second-order valence-electron chi connectivity index (χ2n) is 4.14. The number of allylic oxidation sites excluding steroid dienone is 1. The zero-order valence-corrected chi connectivity index (χ0v) is 12.8. The standard InChI is InChI=1S/C14H19NO7/c1-5-6-7-8-14(12(18)21-3,13(19)22-4)15-10(16)9-11(17)20-2/h6H,1,7-9H2,2-4H3,(H,15,16). The van der Waals surface area contributed by atoms with Crippen molar-refractivity contribution in [2.45, 2.75) is 24.8 Å². The molecular weight excluding hydrogens is 294 g/mol. The van der Waals surface area contributed by atoms with Crippen molar-refractivity contribution < 1.29 is 33.4 Å². The summed E-state index contributed by atoms with van der Waals surface area (Å²) in [6, 6.07) is 0. The molecule has 0 fully saturated rings. The van der Waals surface area contributed by atoms with Crippen molar-refractivity contribution in [1.82, 2.24) is 5.32 Å². The smallest absolute Gasteiger partial charge is 0.343 e. The fraction of sp³-hybridized carbons (Fsp3) is 0.500. The van der Waals surface area contributed by atoms with E-state index < -0.39 is 35.8 Å². The molecule has 0 bridgehead atoms. The average Bonchev–Trinajstić information content (AvgIpc) is 2.51. The van der Waals surface area contributed by atoms with E-state index in [1.807, 2.05) is 0 Å². The van der Waals surface area contributed by atoms with Gasteiger partial charge in [-0.25, -0.2) is 9.59 Å². The van der Waals surface area contributed by atoms with Crippen LogP contribution in [0.2, 0.25) is 0 Å². The van der Waals surface area contributed by atoms with Crippen LogP contribution in [0.4, 0.5) is 0 Å². The van der Waals surface area contributed by atoms with Crippen molar-refractivity contribution in [3.05, 3.63) is 18.4 Å². The van der Waals surface area contributed by atoms with Crippen LogP contribution in [-0.2, 0) is 33.4 Å². The molecule has 0 unspecified atom stereocenters. The predicted molar refractivity (Wildman–Crippen MR) is 74.5 cm³/mol. The third kappa shape index (κ3) is 5.06. The second kappa shape index (κ2) is 9.36. The number of hydrogen-bond acceptors (Lipinski definition) is 7. The van der Waals surface area contributed by atoms with Gasteiger partial charge in [-0.1, -0.05) is 6.58 Å². The Balaban J connectivity index is 5.46. The number of carbonyl (C=O) groups is 4. The highest BCUT2D eigenvalue weighted by molar-refractivity contribution is 6.09. The molecule has 0 aromatic carbocycles. The molecule has 0 aliphatic carbocycles. The summed E-state index contributed by atoms with van der Waals surface area (Å²) in [5, 5.41) is 2.20. The molecule has 0 spiro atoms. The molecule has 0 aliphatic rings. The predicted octanol–water partition coefficient (Wildman–Crippen LogP) is -0.128. The number of methoxy groups -OCH3 is 3.